The normalized spacial score (nSPS) is 19.9. The minimum atomic E-state index is -4.33. The third kappa shape index (κ3) is 2.08. The van der Waals surface area contributed by atoms with Crippen molar-refractivity contribution in [2.24, 2.45) is 0 Å². The van der Waals surface area contributed by atoms with Gasteiger partial charge in [-0.2, -0.15) is 13.2 Å². The highest BCUT2D eigenvalue weighted by Gasteiger charge is 2.30. The Labute approximate surface area is 89.8 Å². The van der Waals surface area contributed by atoms with Gasteiger partial charge in [0.1, 0.15) is 0 Å². The molecule has 1 aromatic rings. The van der Waals surface area contributed by atoms with Gasteiger partial charge in [0.2, 0.25) is 5.91 Å². The lowest BCUT2D eigenvalue weighted by Gasteiger charge is -2.11. The molecule has 16 heavy (non-hydrogen) atoms. The summed E-state index contributed by atoms with van der Waals surface area (Å²) in [6.07, 6.45) is -1.35. The number of hydrogen-bond donors (Lipinski definition) is 1. The molecule has 1 N–H and O–H groups in total. The summed E-state index contributed by atoms with van der Waals surface area (Å²) in [5, 5.41) is 2.60. The van der Waals surface area contributed by atoms with Gasteiger partial charge in [-0.1, -0.05) is 18.2 Å². The molecule has 0 saturated carbocycles. The van der Waals surface area contributed by atoms with Gasteiger partial charge in [-0.05, 0) is 17.7 Å². The Bertz CT molecular complexity index is 434. The van der Waals surface area contributed by atoms with Crippen molar-refractivity contribution in [3.63, 3.8) is 0 Å². The third-order valence-corrected chi connectivity index (χ3v) is 2.33. The highest BCUT2D eigenvalue weighted by Crippen LogP contribution is 2.30. The zero-order chi connectivity index (χ0) is 11.8. The van der Waals surface area contributed by atoms with Gasteiger partial charge >= 0.3 is 6.18 Å². The maximum absolute atomic E-state index is 12.3. The lowest BCUT2D eigenvalue weighted by molar-refractivity contribution is -0.137. The predicted octanol–water partition coefficient (Wildman–Crippen LogP) is 2.43. The van der Waals surface area contributed by atoms with Crippen LogP contribution in [-0.4, -0.2) is 5.91 Å². The first kappa shape index (κ1) is 10.7. The van der Waals surface area contributed by atoms with E-state index in [0.29, 0.717) is 5.56 Å². The number of alkyl halides is 3. The molecule has 84 valence electrons. The Morgan fingerprint density at radius 2 is 1.75 bits per heavy atom. The van der Waals surface area contributed by atoms with Crippen LogP contribution in [0.1, 0.15) is 17.2 Å². The zero-order valence-corrected chi connectivity index (χ0v) is 8.08. The highest BCUT2D eigenvalue weighted by atomic mass is 19.4. The number of hydrogen-bond acceptors (Lipinski definition) is 1. The second-order valence-corrected chi connectivity index (χ2v) is 3.47. The van der Waals surface area contributed by atoms with E-state index in [1.54, 1.807) is 6.08 Å². The maximum atomic E-state index is 12.3. The second-order valence-electron chi connectivity index (χ2n) is 3.47. The van der Waals surface area contributed by atoms with Crippen molar-refractivity contribution in [3.8, 4) is 0 Å². The summed E-state index contributed by atoms with van der Waals surface area (Å²) in [7, 11) is 0. The Kier molecular flexibility index (Phi) is 2.46. The minimum Gasteiger partial charge on any atom is -0.342 e. The number of amides is 1. The van der Waals surface area contributed by atoms with Gasteiger partial charge in [0.25, 0.3) is 0 Å². The SMILES string of the molecule is O=C1C=CC(c2ccc(C(F)(F)F)cc2)N1. The van der Waals surface area contributed by atoms with Gasteiger partial charge in [-0.25, -0.2) is 0 Å². The molecule has 0 spiro atoms. The third-order valence-electron chi connectivity index (χ3n) is 2.33. The van der Waals surface area contributed by atoms with E-state index >= 15 is 0 Å². The van der Waals surface area contributed by atoms with E-state index < -0.39 is 11.7 Å². The van der Waals surface area contributed by atoms with Crippen LogP contribution in [0.2, 0.25) is 0 Å². The van der Waals surface area contributed by atoms with Crippen molar-refractivity contribution in [1.82, 2.24) is 5.32 Å². The quantitative estimate of drug-likeness (QED) is 0.784. The molecule has 0 aromatic heterocycles. The largest absolute Gasteiger partial charge is 0.416 e. The Morgan fingerprint density at radius 1 is 1.12 bits per heavy atom. The molecule has 0 saturated heterocycles. The summed E-state index contributed by atoms with van der Waals surface area (Å²) < 4.78 is 36.8. The minimum absolute atomic E-state index is 0.232. The molecule has 5 heteroatoms. The zero-order valence-electron chi connectivity index (χ0n) is 8.08. The molecule has 1 heterocycles. The van der Waals surface area contributed by atoms with E-state index in [1.807, 2.05) is 0 Å². The number of rotatable bonds is 1. The average molecular weight is 227 g/mol. The molecule has 1 aliphatic heterocycles. The number of nitrogens with one attached hydrogen (secondary N) is 1. The van der Waals surface area contributed by atoms with Crippen LogP contribution in [-0.2, 0) is 11.0 Å². The van der Waals surface area contributed by atoms with Crippen LogP contribution >= 0.6 is 0 Å². The summed E-state index contributed by atoms with van der Waals surface area (Å²) in [5.41, 5.74) is -0.0559. The summed E-state index contributed by atoms with van der Waals surface area (Å²) in [5.74, 6) is -0.232. The van der Waals surface area contributed by atoms with Crippen LogP contribution in [0.15, 0.2) is 36.4 Å². The molecule has 0 radical (unpaired) electrons. The molecule has 0 fully saturated rings. The summed E-state index contributed by atoms with van der Waals surface area (Å²) in [6.45, 7) is 0. The summed E-state index contributed by atoms with van der Waals surface area (Å²) >= 11 is 0. The molecule has 1 atom stereocenters. The number of carbonyl (C=O) groups is 1. The molecular weight excluding hydrogens is 219 g/mol. The summed E-state index contributed by atoms with van der Waals surface area (Å²) in [6, 6.07) is 4.42. The van der Waals surface area contributed by atoms with Crippen LogP contribution < -0.4 is 5.32 Å². The lowest BCUT2D eigenvalue weighted by atomic mass is 10.1. The fourth-order valence-corrected chi connectivity index (χ4v) is 1.51. The fourth-order valence-electron chi connectivity index (χ4n) is 1.51. The first-order valence-corrected chi connectivity index (χ1v) is 4.63. The van der Waals surface area contributed by atoms with E-state index in [9.17, 15) is 18.0 Å². The first-order valence-electron chi connectivity index (χ1n) is 4.63. The van der Waals surface area contributed by atoms with E-state index in [4.69, 9.17) is 0 Å². The Balaban J connectivity index is 2.20. The van der Waals surface area contributed by atoms with Gasteiger partial charge < -0.3 is 5.32 Å². The van der Waals surface area contributed by atoms with Crippen LogP contribution in [0.4, 0.5) is 13.2 Å². The molecule has 1 amide bonds. The van der Waals surface area contributed by atoms with Crippen LogP contribution in [0.5, 0.6) is 0 Å². The first-order chi connectivity index (χ1) is 7.47. The van der Waals surface area contributed by atoms with Gasteiger partial charge in [-0.3, -0.25) is 4.79 Å². The molecule has 1 aromatic carbocycles. The Morgan fingerprint density at radius 3 is 2.19 bits per heavy atom. The molecule has 1 unspecified atom stereocenters. The molecule has 2 rings (SSSR count). The van der Waals surface area contributed by atoms with E-state index in [0.717, 1.165) is 12.1 Å². The van der Waals surface area contributed by atoms with Gasteiger partial charge in [0, 0.05) is 6.08 Å². The average Bonchev–Trinajstić information content (AvgIpc) is 2.64. The number of benzene rings is 1. The lowest BCUT2D eigenvalue weighted by Crippen LogP contribution is -2.19. The van der Waals surface area contributed by atoms with Gasteiger partial charge in [0.15, 0.2) is 0 Å². The smallest absolute Gasteiger partial charge is 0.342 e. The molecule has 0 bridgehead atoms. The topological polar surface area (TPSA) is 29.1 Å². The Hall–Kier alpha value is -1.78. The summed E-state index contributed by atoms with van der Waals surface area (Å²) in [4.78, 5) is 10.9. The van der Waals surface area contributed by atoms with Crippen LogP contribution in [0, 0.1) is 0 Å². The second kappa shape index (κ2) is 3.66. The van der Waals surface area contributed by atoms with Crippen LogP contribution in [0.3, 0.4) is 0 Å². The standard InChI is InChI=1S/C11H8F3NO/c12-11(13,14)8-3-1-7(2-4-8)9-5-6-10(16)15-9/h1-6,9H,(H,15,16). The van der Waals surface area contributed by atoms with E-state index in [2.05, 4.69) is 5.32 Å². The van der Waals surface area contributed by atoms with E-state index in [-0.39, 0.29) is 11.9 Å². The fraction of sp³-hybridized carbons (Fsp3) is 0.182. The molecule has 2 nitrogen and oxygen atoms in total. The van der Waals surface area contributed by atoms with Crippen molar-refractivity contribution < 1.29 is 18.0 Å². The van der Waals surface area contributed by atoms with Crippen molar-refractivity contribution in [2.45, 2.75) is 12.2 Å². The maximum Gasteiger partial charge on any atom is 0.416 e. The molecular formula is C11H8F3NO. The van der Waals surface area contributed by atoms with Gasteiger partial charge in [0.05, 0.1) is 11.6 Å². The highest BCUT2D eigenvalue weighted by molar-refractivity contribution is 5.90. The predicted molar refractivity (Wildman–Crippen MR) is 51.5 cm³/mol. The van der Waals surface area contributed by atoms with Gasteiger partial charge in [-0.15, -0.1) is 0 Å². The molecule has 1 aliphatic rings. The van der Waals surface area contributed by atoms with Crippen molar-refractivity contribution >= 4 is 5.91 Å². The van der Waals surface area contributed by atoms with E-state index in [1.165, 1.54) is 18.2 Å². The van der Waals surface area contributed by atoms with Crippen molar-refractivity contribution in [3.05, 3.63) is 47.5 Å². The monoisotopic (exact) mass is 227 g/mol. The van der Waals surface area contributed by atoms with Crippen molar-refractivity contribution in [1.29, 1.82) is 0 Å². The van der Waals surface area contributed by atoms with Crippen molar-refractivity contribution in [2.75, 3.05) is 0 Å². The number of carbonyl (C=O) groups excluding carboxylic acids is 1. The number of halogens is 3. The molecule has 0 aliphatic carbocycles. The van der Waals surface area contributed by atoms with Crippen LogP contribution in [0.25, 0.3) is 0 Å².